The van der Waals surface area contributed by atoms with Crippen LogP contribution in [0.4, 0.5) is 9.18 Å². The summed E-state index contributed by atoms with van der Waals surface area (Å²) < 4.78 is 14.3. The van der Waals surface area contributed by atoms with Crippen molar-refractivity contribution in [2.75, 3.05) is 26.2 Å². The molecule has 36 heavy (non-hydrogen) atoms. The maximum absolute atomic E-state index is 14.3. The maximum Gasteiger partial charge on any atom is 0.328 e. The van der Waals surface area contributed by atoms with Crippen molar-refractivity contribution in [3.63, 3.8) is 0 Å². The van der Waals surface area contributed by atoms with E-state index in [2.05, 4.69) is 22.0 Å². The van der Waals surface area contributed by atoms with Crippen LogP contribution >= 0.6 is 11.6 Å². The van der Waals surface area contributed by atoms with Crippen LogP contribution in [0.5, 0.6) is 5.75 Å². The normalized spacial score (nSPS) is 24.0. The molecule has 3 aromatic rings. The number of nitrogens with zero attached hydrogens (tertiary/aromatic N) is 3. The molecule has 2 atom stereocenters. The first-order valence-corrected chi connectivity index (χ1v) is 12.5. The third kappa shape index (κ3) is 3.43. The Morgan fingerprint density at radius 1 is 1.19 bits per heavy atom. The lowest BCUT2D eigenvalue weighted by Crippen LogP contribution is -2.53. The molecule has 3 aliphatic heterocycles. The summed E-state index contributed by atoms with van der Waals surface area (Å²) in [6.07, 6.45) is 5.47. The fourth-order valence-electron chi connectivity index (χ4n) is 5.88. The van der Waals surface area contributed by atoms with E-state index in [0.29, 0.717) is 29.9 Å². The Bertz CT molecular complexity index is 1440. The number of aromatic hydroxyl groups is 1. The molecule has 2 aromatic carbocycles. The number of fused-ring (bicyclic) bond motifs is 4. The minimum Gasteiger partial charge on any atom is -0.508 e. The Balaban J connectivity index is 1.46. The fraction of sp³-hybridized carbons (Fsp3) is 0.333. The molecular weight excluding hydrogens is 483 g/mol. The van der Waals surface area contributed by atoms with Gasteiger partial charge in [0, 0.05) is 49.2 Å². The summed E-state index contributed by atoms with van der Waals surface area (Å²) in [6.45, 7) is 4.39. The van der Waals surface area contributed by atoms with Crippen LogP contribution in [0.3, 0.4) is 0 Å². The van der Waals surface area contributed by atoms with Crippen LogP contribution in [0.2, 0.25) is 5.02 Å². The Morgan fingerprint density at radius 3 is 2.78 bits per heavy atom. The molecule has 0 bridgehead atoms. The minimum absolute atomic E-state index is 0.00294. The summed E-state index contributed by atoms with van der Waals surface area (Å²) >= 11 is 6.13. The Kier molecular flexibility index (Phi) is 5.35. The lowest BCUT2D eigenvalue weighted by Gasteiger charge is -2.42. The number of urea groups is 1. The molecule has 3 amide bonds. The molecule has 7 nitrogen and oxygen atoms in total. The highest BCUT2D eigenvalue weighted by molar-refractivity contribution is 6.31. The van der Waals surface area contributed by atoms with Gasteiger partial charge >= 0.3 is 6.03 Å². The van der Waals surface area contributed by atoms with Crippen molar-refractivity contribution in [1.82, 2.24) is 19.7 Å². The number of carbonyl (C=O) groups excluding carboxylic acids is 2. The number of hydrogen-bond donors (Lipinski definition) is 2. The van der Waals surface area contributed by atoms with Gasteiger partial charge in [0.25, 0.3) is 5.91 Å². The number of aromatic amines is 1. The third-order valence-electron chi connectivity index (χ3n) is 7.68. The number of benzene rings is 2. The van der Waals surface area contributed by atoms with Crippen LogP contribution < -0.4 is 0 Å². The molecule has 4 heterocycles. The van der Waals surface area contributed by atoms with E-state index in [-0.39, 0.29) is 29.1 Å². The molecule has 1 aromatic heterocycles. The Labute approximate surface area is 212 Å². The first-order chi connectivity index (χ1) is 17.3. The zero-order valence-corrected chi connectivity index (χ0v) is 20.6. The second kappa shape index (κ2) is 8.35. The number of nitrogens with one attached hydrogen (secondary N) is 1. The van der Waals surface area contributed by atoms with E-state index in [0.717, 1.165) is 30.5 Å². The molecule has 2 unspecified atom stereocenters. The highest BCUT2D eigenvalue weighted by Crippen LogP contribution is 2.49. The molecule has 1 saturated heterocycles. The van der Waals surface area contributed by atoms with E-state index in [1.807, 2.05) is 6.07 Å². The predicted octanol–water partition coefficient (Wildman–Crippen LogP) is 4.60. The SMILES string of the molecule is CC12Cc3c([nH]c4cc(F)c(Cl)cc34)C(c3cccc(O)c3)N1C(=O)N(CCN1CC=CCC1)C2=O. The van der Waals surface area contributed by atoms with E-state index in [4.69, 9.17) is 11.6 Å². The molecule has 0 radical (unpaired) electrons. The van der Waals surface area contributed by atoms with Crippen molar-refractivity contribution in [3.05, 3.63) is 76.2 Å². The van der Waals surface area contributed by atoms with Gasteiger partial charge in [-0.25, -0.2) is 9.18 Å². The van der Waals surface area contributed by atoms with Crippen molar-refractivity contribution in [1.29, 1.82) is 0 Å². The minimum atomic E-state index is -1.14. The first kappa shape index (κ1) is 23.1. The van der Waals surface area contributed by atoms with Crippen LogP contribution in [-0.2, 0) is 11.2 Å². The summed E-state index contributed by atoms with van der Waals surface area (Å²) in [5.74, 6) is -0.743. The molecule has 2 N–H and O–H groups in total. The first-order valence-electron chi connectivity index (χ1n) is 12.1. The number of aromatic nitrogens is 1. The van der Waals surface area contributed by atoms with Crippen LogP contribution in [0.25, 0.3) is 10.9 Å². The van der Waals surface area contributed by atoms with Crippen LogP contribution in [-0.4, -0.2) is 68.4 Å². The average molecular weight is 509 g/mol. The smallest absolute Gasteiger partial charge is 0.328 e. The zero-order chi connectivity index (χ0) is 25.2. The third-order valence-corrected chi connectivity index (χ3v) is 7.96. The Hall–Kier alpha value is -3.36. The van der Waals surface area contributed by atoms with Gasteiger partial charge in [-0.2, -0.15) is 0 Å². The van der Waals surface area contributed by atoms with Gasteiger partial charge in [0.1, 0.15) is 23.1 Å². The molecule has 1 fully saturated rings. The summed E-state index contributed by atoms with van der Waals surface area (Å²) in [4.78, 5) is 36.2. The number of imide groups is 1. The second-order valence-corrected chi connectivity index (χ2v) is 10.4. The molecule has 6 rings (SSSR count). The number of rotatable bonds is 4. The van der Waals surface area contributed by atoms with E-state index < -0.39 is 17.4 Å². The van der Waals surface area contributed by atoms with Gasteiger partial charge in [-0.15, -0.1) is 0 Å². The monoisotopic (exact) mass is 508 g/mol. The summed E-state index contributed by atoms with van der Waals surface area (Å²) in [7, 11) is 0. The molecule has 9 heteroatoms. The summed E-state index contributed by atoms with van der Waals surface area (Å²) in [6, 6.07) is 8.56. The molecular formula is C27H26ClFN4O3. The predicted molar refractivity (Wildman–Crippen MR) is 134 cm³/mol. The van der Waals surface area contributed by atoms with Gasteiger partial charge in [0.2, 0.25) is 0 Å². The van der Waals surface area contributed by atoms with E-state index >= 15 is 0 Å². The highest BCUT2D eigenvalue weighted by Gasteiger charge is 2.60. The van der Waals surface area contributed by atoms with E-state index in [1.165, 1.54) is 11.0 Å². The number of phenols is 1. The molecule has 3 aliphatic rings. The van der Waals surface area contributed by atoms with Crippen molar-refractivity contribution in [3.8, 4) is 5.75 Å². The maximum atomic E-state index is 14.3. The van der Waals surface area contributed by atoms with Crippen molar-refractivity contribution < 1.29 is 19.1 Å². The quantitative estimate of drug-likeness (QED) is 0.399. The van der Waals surface area contributed by atoms with Crippen LogP contribution in [0.15, 0.2) is 48.6 Å². The van der Waals surface area contributed by atoms with Crippen molar-refractivity contribution in [2.45, 2.75) is 31.3 Å². The molecule has 0 aliphatic carbocycles. The second-order valence-electron chi connectivity index (χ2n) is 9.95. The topological polar surface area (TPSA) is 79.9 Å². The average Bonchev–Trinajstić information content (AvgIpc) is 3.28. The van der Waals surface area contributed by atoms with Gasteiger partial charge in [-0.3, -0.25) is 19.5 Å². The van der Waals surface area contributed by atoms with Gasteiger partial charge in [0.05, 0.1) is 5.02 Å². The standard InChI is InChI=1S/C27H26ClFN4O3/c1-27-15-19-18-13-20(28)21(29)14-22(18)30-23(19)24(16-6-5-7-17(34)12-16)33(27)26(36)32(25(27)35)11-10-31-8-3-2-4-9-31/h2-3,5-7,12-14,24,30,34H,4,8-11,15H2,1H3. The summed E-state index contributed by atoms with van der Waals surface area (Å²) in [5.41, 5.74) is 1.58. The van der Waals surface area contributed by atoms with Crippen LogP contribution in [0, 0.1) is 5.82 Å². The molecule has 186 valence electrons. The number of halogens is 2. The lowest BCUT2D eigenvalue weighted by atomic mass is 9.81. The van der Waals surface area contributed by atoms with Gasteiger partial charge < -0.3 is 10.1 Å². The molecule has 0 spiro atoms. The number of carbonyl (C=O) groups is 2. The van der Waals surface area contributed by atoms with E-state index in [1.54, 1.807) is 36.1 Å². The van der Waals surface area contributed by atoms with Gasteiger partial charge in [-0.1, -0.05) is 35.9 Å². The fourth-order valence-corrected chi connectivity index (χ4v) is 6.05. The lowest BCUT2D eigenvalue weighted by molar-refractivity contribution is -0.133. The Morgan fingerprint density at radius 2 is 2.03 bits per heavy atom. The van der Waals surface area contributed by atoms with Gasteiger partial charge in [0.15, 0.2) is 0 Å². The highest BCUT2D eigenvalue weighted by atomic mass is 35.5. The van der Waals surface area contributed by atoms with Crippen molar-refractivity contribution in [2.24, 2.45) is 0 Å². The van der Waals surface area contributed by atoms with Crippen LogP contribution in [0.1, 0.15) is 36.2 Å². The largest absolute Gasteiger partial charge is 0.508 e. The number of H-pyrrole nitrogens is 1. The number of phenolic OH excluding ortho intramolecular Hbond substituents is 1. The van der Waals surface area contributed by atoms with Crippen molar-refractivity contribution >= 4 is 34.4 Å². The van der Waals surface area contributed by atoms with Gasteiger partial charge in [-0.05, 0) is 48.7 Å². The number of hydrogen-bond acceptors (Lipinski definition) is 4. The number of amides is 3. The summed E-state index contributed by atoms with van der Waals surface area (Å²) in [5, 5.41) is 11.0. The molecule has 0 saturated carbocycles. The zero-order valence-electron chi connectivity index (χ0n) is 19.8. The van der Waals surface area contributed by atoms with E-state index in [9.17, 15) is 19.1 Å².